The normalized spacial score (nSPS) is 12.8. The summed E-state index contributed by atoms with van der Waals surface area (Å²) in [6.45, 7) is 5.30. The number of carbonyl (C=O) groups excluding carboxylic acids is 1. The van der Waals surface area contributed by atoms with Gasteiger partial charge in [0.2, 0.25) is 11.8 Å². The van der Waals surface area contributed by atoms with E-state index in [0.29, 0.717) is 35.5 Å². The maximum Gasteiger partial charge on any atom is 0.268 e. The summed E-state index contributed by atoms with van der Waals surface area (Å²) in [5.74, 6) is 0.899. The van der Waals surface area contributed by atoms with Gasteiger partial charge in [0.1, 0.15) is 17.3 Å². The smallest absolute Gasteiger partial charge is 0.268 e. The third-order valence-corrected chi connectivity index (χ3v) is 5.54. The Bertz CT molecular complexity index is 1330. The number of pyridine rings is 1. The van der Waals surface area contributed by atoms with E-state index in [-0.39, 0.29) is 11.7 Å². The minimum absolute atomic E-state index is 0.0606. The molecule has 0 radical (unpaired) electrons. The van der Waals surface area contributed by atoms with Crippen molar-refractivity contribution in [1.82, 2.24) is 24.8 Å². The van der Waals surface area contributed by atoms with Crippen LogP contribution in [0.2, 0.25) is 0 Å². The third-order valence-electron chi connectivity index (χ3n) is 5.54. The predicted molar refractivity (Wildman–Crippen MR) is 121 cm³/mol. The van der Waals surface area contributed by atoms with Crippen LogP contribution in [0.3, 0.4) is 0 Å². The van der Waals surface area contributed by atoms with Crippen LogP contribution in [-0.2, 0) is 6.54 Å². The molecule has 5 rings (SSSR count). The third kappa shape index (κ3) is 4.00. The molecular weight excluding hydrogens is 423 g/mol. The van der Waals surface area contributed by atoms with Gasteiger partial charge in [-0.1, -0.05) is 0 Å². The summed E-state index contributed by atoms with van der Waals surface area (Å²) in [5, 5.41) is 6.04. The summed E-state index contributed by atoms with van der Waals surface area (Å²) in [7, 11) is 0. The largest absolute Gasteiger partial charge is 0.439 e. The van der Waals surface area contributed by atoms with Gasteiger partial charge in [0, 0.05) is 36.6 Å². The number of hydrogen-bond donors (Lipinski definition) is 2. The number of rotatable bonds is 5. The van der Waals surface area contributed by atoms with Crippen LogP contribution < -0.4 is 15.4 Å². The van der Waals surface area contributed by atoms with E-state index < -0.39 is 0 Å². The van der Waals surface area contributed by atoms with Crippen LogP contribution in [0.25, 0.3) is 11.3 Å². The van der Waals surface area contributed by atoms with Crippen LogP contribution in [0, 0.1) is 19.7 Å². The average molecular weight is 444 g/mol. The number of fused-ring (bicyclic) bond motifs is 1. The second kappa shape index (κ2) is 8.34. The first-order valence-electron chi connectivity index (χ1n) is 10.5. The Morgan fingerprint density at radius 2 is 1.91 bits per heavy atom. The van der Waals surface area contributed by atoms with Crippen molar-refractivity contribution in [3.05, 3.63) is 77.6 Å². The number of anilines is 2. The molecule has 0 unspecified atom stereocenters. The molecule has 4 aromatic rings. The van der Waals surface area contributed by atoms with Gasteiger partial charge in [0.15, 0.2) is 0 Å². The highest BCUT2D eigenvalue weighted by molar-refractivity contribution is 5.97. The topological polar surface area (TPSA) is 94.0 Å². The van der Waals surface area contributed by atoms with E-state index in [9.17, 15) is 9.18 Å². The molecule has 0 saturated heterocycles. The summed E-state index contributed by atoms with van der Waals surface area (Å²) >= 11 is 0. The lowest BCUT2D eigenvalue weighted by atomic mass is 10.1. The Balaban J connectivity index is 1.36. The lowest BCUT2D eigenvalue weighted by molar-refractivity contribution is 0.0926. The monoisotopic (exact) mass is 444 g/mol. The summed E-state index contributed by atoms with van der Waals surface area (Å²) < 4.78 is 20.7. The molecule has 9 heteroatoms. The summed E-state index contributed by atoms with van der Waals surface area (Å²) in [5.41, 5.74) is 4.95. The summed E-state index contributed by atoms with van der Waals surface area (Å²) in [4.78, 5) is 25.6. The molecule has 1 amide bonds. The molecule has 166 valence electrons. The molecule has 0 atom stereocenters. The number of aromatic nitrogens is 4. The first kappa shape index (κ1) is 20.6. The van der Waals surface area contributed by atoms with Crippen LogP contribution in [-0.4, -0.2) is 32.0 Å². The molecule has 1 aliphatic heterocycles. The van der Waals surface area contributed by atoms with Crippen LogP contribution in [0.5, 0.6) is 11.6 Å². The van der Waals surface area contributed by atoms with Gasteiger partial charge in [-0.15, -0.1) is 0 Å². The number of nitrogens with zero attached hydrogens (tertiary/aromatic N) is 4. The molecular formula is C24H21FN6O2. The second-order valence-electron chi connectivity index (χ2n) is 7.67. The van der Waals surface area contributed by atoms with Crippen molar-refractivity contribution in [2.75, 3.05) is 11.9 Å². The van der Waals surface area contributed by atoms with Gasteiger partial charge in [0.25, 0.3) is 5.91 Å². The van der Waals surface area contributed by atoms with E-state index >= 15 is 0 Å². The highest BCUT2D eigenvalue weighted by Gasteiger charge is 2.26. The van der Waals surface area contributed by atoms with Gasteiger partial charge in [-0.25, -0.2) is 19.3 Å². The number of amides is 1. The van der Waals surface area contributed by atoms with Crippen molar-refractivity contribution in [3.63, 3.8) is 0 Å². The zero-order valence-electron chi connectivity index (χ0n) is 18.1. The van der Waals surface area contributed by atoms with Gasteiger partial charge in [-0.3, -0.25) is 4.79 Å². The van der Waals surface area contributed by atoms with Gasteiger partial charge < -0.3 is 19.9 Å². The van der Waals surface area contributed by atoms with Gasteiger partial charge >= 0.3 is 0 Å². The predicted octanol–water partition coefficient (Wildman–Crippen LogP) is 4.38. The first-order chi connectivity index (χ1) is 16.0. The molecule has 3 aromatic heterocycles. The minimum Gasteiger partial charge on any atom is -0.439 e. The van der Waals surface area contributed by atoms with Crippen molar-refractivity contribution in [3.8, 4) is 22.9 Å². The molecule has 4 heterocycles. The molecule has 1 aliphatic rings. The van der Waals surface area contributed by atoms with E-state index in [1.165, 1.54) is 24.3 Å². The number of ether oxygens (including phenoxy) is 1. The SMILES string of the molecule is Cc1c(-c2ccnc(Nc3ccc(Oc4ccc(F)cc4)nc3)n2)c(C)n2c1C(=O)NCC2. The number of benzene rings is 1. The molecule has 1 aromatic carbocycles. The van der Waals surface area contributed by atoms with Gasteiger partial charge in [-0.05, 0) is 55.8 Å². The van der Waals surface area contributed by atoms with Crippen LogP contribution in [0.1, 0.15) is 21.7 Å². The number of halogens is 1. The summed E-state index contributed by atoms with van der Waals surface area (Å²) in [6.07, 6.45) is 3.28. The molecule has 0 bridgehead atoms. The zero-order chi connectivity index (χ0) is 22.9. The van der Waals surface area contributed by atoms with Gasteiger partial charge in [-0.2, -0.15) is 0 Å². The van der Waals surface area contributed by atoms with Crippen molar-refractivity contribution < 1.29 is 13.9 Å². The van der Waals surface area contributed by atoms with Crippen molar-refractivity contribution >= 4 is 17.5 Å². The van der Waals surface area contributed by atoms with E-state index in [2.05, 4.69) is 25.6 Å². The maximum atomic E-state index is 13.0. The van der Waals surface area contributed by atoms with Crippen molar-refractivity contribution in [2.24, 2.45) is 0 Å². The Labute approximate surface area is 189 Å². The van der Waals surface area contributed by atoms with E-state index in [4.69, 9.17) is 4.74 Å². The molecule has 0 spiro atoms. The van der Waals surface area contributed by atoms with Crippen molar-refractivity contribution in [1.29, 1.82) is 0 Å². The van der Waals surface area contributed by atoms with Crippen LogP contribution in [0.4, 0.5) is 16.0 Å². The fraction of sp³-hybridized carbons (Fsp3) is 0.167. The second-order valence-corrected chi connectivity index (χ2v) is 7.67. The zero-order valence-corrected chi connectivity index (χ0v) is 18.1. The quantitative estimate of drug-likeness (QED) is 0.475. The highest BCUT2D eigenvalue weighted by Crippen LogP contribution is 2.32. The van der Waals surface area contributed by atoms with Crippen LogP contribution >= 0.6 is 0 Å². The Kier molecular flexibility index (Phi) is 5.21. The molecule has 33 heavy (non-hydrogen) atoms. The minimum atomic E-state index is -0.328. The maximum absolute atomic E-state index is 13.0. The van der Waals surface area contributed by atoms with E-state index in [1.807, 2.05) is 24.5 Å². The molecule has 0 aliphatic carbocycles. The molecule has 8 nitrogen and oxygen atoms in total. The molecule has 0 saturated carbocycles. The number of nitrogens with one attached hydrogen (secondary N) is 2. The number of carbonyl (C=O) groups is 1. The first-order valence-corrected chi connectivity index (χ1v) is 10.5. The molecule has 0 fully saturated rings. The Hall–Kier alpha value is -4.27. The van der Waals surface area contributed by atoms with Gasteiger partial charge in [0.05, 0.1) is 17.6 Å². The number of hydrogen-bond acceptors (Lipinski definition) is 6. The lowest BCUT2D eigenvalue weighted by Gasteiger charge is -2.17. The lowest BCUT2D eigenvalue weighted by Crippen LogP contribution is -2.35. The van der Waals surface area contributed by atoms with E-state index in [1.54, 1.807) is 24.5 Å². The highest BCUT2D eigenvalue weighted by atomic mass is 19.1. The Morgan fingerprint density at radius 3 is 2.64 bits per heavy atom. The standard InChI is InChI=1S/C24H21FN6O2/c1-14-21(15(2)31-12-11-26-23(32)22(14)31)19-9-10-27-24(30-19)29-17-5-8-20(28-13-17)33-18-6-3-16(25)4-7-18/h3-10,13H,11-12H2,1-2H3,(H,26,32)(H,27,29,30). The Morgan fingerprint density at radius 1 is 1.09 bits per heavy atom. The van der Waals surface area contributed by atoms with Crippen LogP contribution in [0.15, 0.2) is 54.9 Å². The van der Waals surface area contributed by atoms with Crippen molar-refractivity contribution in [2.45, 2.75) is 20.4 Å². The average Bonchev–Trinajstić information content (AvgIpc) is 3.08. The fourth-order valence-corrected chi connectivity index (χ4v) is 4.03. The fourth-order valence-electron chi connectivity index (χ4n) is 4.03. The summed E-state index contributed by atoms with van der Waals surface area (Å²) in [6, 6.07) is 11.1. The van der Waals surface area contributed by atoms with E-state index in [0.717, 1.165) is 29.1 Å². The molecule has 2 N–H and O–H groups in total.